The van der Waals surface area contributed by atoms with Gasteiger partial charge in [-0.3, -0.25) is 4.79 Å². The summed E-state index contributed by atoms with van der Waals surface area (Å²) in [6, 6.07) is 6.34. The Kier molecular flexibility index (Phi) is 6.54. The molecule has 1 fully saturated rings. The summed E-state index contributed by atoms with van der Waals surface area (Å²) in [7, 11) is 0. The van der Waals surface area contributed by atoms with Gasteiger partial charge < -0.3 is 20.1 Å². The number of rotatable bonds is 7. The van der Waals surface area contributed by atoms with Crippen molar-refractivity contribution in [3.63, 3.8) is 0 Å². The van der Waals surface area contributed by atoms with Gasteiger partial charge in [0.05, 0.1) is 12.6 Å². The smallest absolute Gasteiger partial charge is 0.319 e. The Labute approximate surface area is 146 Å². The predicted molar refractivity (Wildman–Crippen MR) is 94.0 cm³/mol. The van der Waals surface area contributed by atoms with E-state index in [-0.39, 0.29) is 0 Å². The molecule has 6 nitrogen and oxygen atoms in total. The van der Waals surface area contributed by atoms with Crippen molar-refractivity contribution in [1.82, 2.24) is 10.6 Å². The van der Waals surface area contributed by atoms with Crippen molar-refractivity contribution < 1.29 is 19.1 Å². The van der Waals surface area contributed by atoms with Crippen molar-refractivity contribution in [1.29, 1.82) is 0 Å². The molecule has 1 aliphatic rings. The van der Waals surface area contributed by atoms with Crippen LogP contribution in [0.3, 0.4) is 0 Å². The second-order valence-electron chi connectivity index (χ2n) is 5.21. The summed E-state index contributed by atoms with van der Waals surface area (Å²) in [5.41, 5.74) is 1.05. The van der Waals surface area contributed by atoms with E-state index in [0.29, 0.717) is 30.4 Å². The largest absolute Gasteiger partial charge is 0.494 e. The number of hydrogen-bond donors (Lipinski definition) is 2. The van der Waals surface area contributed by atoms with Gasteiger partial charge in [0.2, 0.25) is 0 Å². The molecule has 2 N–H and O–H groups in total. The SMILES string of the molecule is C=C1NC(=O)N[C@@H](c2ccccc2OCC)[C@@H]1C(=O)OCCSC. The fourth-order valence-electron chi connectivity index (χ4n) is 2.56. The topological polar surface area (TPSA) is 76.7 Å². The molecule has 2 rings (SSSR count). The van der Waals surface area contributed by atoms with Crippen molar-refractivity contribution in [2.24, 2.45) is 5.92 Å². The maximum atomic E-state index is 12.5. The van der Waals surface area contributed by atoms with Crippen LogP contribution in [0.2, 0.25) is 0 Å². The molecule has 1 aromatic carbocycles. The van der Waals surface area contributed by atoms with Gasteiger partial charge in [-0.25, -0.2) is 4.79 Å². The molecular weight excluding hydrogens is 328 g/mol. The van der Waals surface area contributed by atoms with E-state index in [0.717, 1.165) is 5.56 Å². The number of nitrogens with one attached hydrogen (secondary N) is 2. The second kappa shape index (κ2) is 8.63. The third kappa shape index (κ3) is 4.23. The van der Waals surface area contributed by atoms with E-state index < -0.39 is 24.0 Å². The Morgan fingerprint density at radius 1 is 1.38 bits per heavy atom. The first-order chi connectivity index (χ1) is 11.6. The van der Waals surface area contributed by atoms with Crippen molar-refractivity contribution in [2.45, 2.75) is 13.0 Å². The van der Waals surface area contributed by atoms with Crippen LogP contribution in [0.25, 0.3) is 0 Å². The van der Waals surface area contributed by atoms with Gasteiger partial charge in [-0.2, -0.15) is 11.8 Å². The van der Waals surface area contributed by atoms with Gasteiger partial charge in [0.1, 0.15) is 18.3 Å². The summed E-state index contributed by atoms with van der Waals surface area (Å²) in [5, 5.41) is 5.35. The van der Waals surface area contributed by atoms with Crippen LogP contribution >= 0.6 is 11.8 Å². The van der Waals surface area contributed by atoms with E-state index in [1.54, 1.807) is 11.8 Å². The lowest BCUT2D eigenvalue weighted by atomic mass is 9.88. The molecule has 0 aromatic heterocycles. The Hall–Kier alpha value is -2.15. The van der Waals surface area contributed by atoms with E-state index in [4.69, 9.17) is 9.47 Å². The number of hydrogen-bond acceptors (Lipinski definition) is 5. The van der Waals surface area contributed by atoms with Crippen molar-refractivity contribution in [3.8, 4) is 5.75 Å². The van der Waals surface area contributed by atoms with E-state index in [1.165, 1.54) is 0 Å². The van der Waals surface area contributed by atoms with Gasteiger partial charge in [-0.15, -0.1) is 0 Å². The van der Waals surface area contributed by atoms with Gasteiger partial charge in [-0.05, 0) is 19.2 Å². The van der Waals surface area contributed by atoms with Crippen LogP contribution in [0.15, 0.2) is 36.5 Å². The maximum Gasteiger partial charge on any atom is 0.319 e. The molecule has 130 valence electrons. The number of thioether (sulfide) groups is 1. The molecule has 7 heteroatoms. The molecule has 1 heterocycles. The van der Waals surface area contributed by atoms with Crippen LogP contribution in [-0.2, 0) is 9.53 Å². The molecule has 0 bridgehead atoms. The van der Waals surface area contributed by atoms with E-state index in [9.17, 15) is 9.59 Å². The Balaban J connectivity index is 2.30. The van der Waals surface area contributed by atoms with Gasteiger partial charge in [0.15, 0.2) is 0 Å². The summed E-state index contributed by atoms with van der Waals surface area (Å²) in [6.07, 6.45) is 1.94. The van der Waals surface area contributed by atoms with Gasteiger partial charge in [0, 0.05) is 17.0 Å². The first-order valence-electron chi connectivity index (χ1n) is 7.72. The summed E-state index contributed by atoms with van der Waals surface area (Å²) in [5.74, 6) is 0.205. The molecule has 0 aliphatic carbocycles. The van der Waals surface area contributed by atoms with E-state index in [2.05, 4.69) is 17.2 Å². The van der Waals surface area contributed by atoms with Gasteiger partial charge in [-0.1, -0.05) is 24.8 Å². The summed E-state index contributed by atoms with van der Waals surface area (Å²) >= 11 is 1.59. The minimum Gasteiger partial charge on any atom is -0.494 e. The van der Waals surface area contributed by atoms with Crippen LogP contribution in [-0.4, -0.2) is 37.2 Å². The van der Waals surface area contributed by atoms with Crippen LogP contribution in [0.5, 0.6) is 5.75 Å². The van der Waals surface area contributed by atoms with Crippen LogP contribution < -0.4 is 15.4 Å². The molecule has 24 heavy (non-hydrogen) atoms. The normalized spacial score (nSPS) is 20.1. The molecular formula is C17H22N2O4S. The molecule has 0 unspecified atom stereocenters. The average Bonchev–Trinajstić information content (AvgIpc) is 2.55. The van der Waals surface area contributed by atoms with Crippen LogP contribution in [0.4, 0.5) is 4.79 Å². The number of urea groups is 1. The minimum absolute atomic E-state index is 0.317. The average molecular weight is 350 g/mol. The molecule has 2 amide bonds. The maximum absolute atomic E-state index is 12.5. The molecule has 1 aromatic rings. The first kappa shape index (κ1) is 18.2. The highest BCUT2D eigenvalue weighted by atomic mass is 32.2. The standard InChI is InChI=1S/C17H22N2O4S/c1-4-22-13-8-6-5-7-12(13)15-14(11(2)18-17(21)19-15)16(20)23-9-10-24-3/h5-8,14-15H,2,4,9-10H2,1,3H3,(H2,18,19,21)/t14-,15+/m1/s1. The molecule has 2 atom stereocenters. The van der Waals surface area contributed by atoms with Gasteiger partial charge >= 0.3 is 12.0 Å². The number of esters is 1. The lowest BCUT2D eigenvalue weighted by Gasteiger charge is -2.33. The number of carbonyl (C=O) groups excluding carboxylic acids is 2. The van der Waals surface area contributed by atoms with Gasteiger partial charge in [0.25, 0.3) is 0 Å². The van der Waals surface area contributed by atoms with Crippen molar-refractivity contribution >= 4 is 23.8 Å². The van der Waals surface area contributed by atoms with Crippen LogP contribution in [0.1, 0.15) is 18.5 Å². The number of amides is 2. The summed E-state index contributed by atoms with van der Waals surface area (Å²) < 4.78 is 11.0. The lowest BCUT2D eigenvalue weighted by molar-refractivity contribution is -0.147. The summed E-state index contributed by atoms with van der Waals surface area (Å²) in [4.78, 5) is 24.4. The molecule has 0 radical (unpaired) electrons. The Morgan fingerprint density at radius 3 is 2.83 bits per heavy atom. The van der Waals surface area contributed by atoms with Crippen molar-refractivity contribution in [3.05, 3.63) is 42.1 Å². The molecule has 0 saturated carbocycles. The zero-order valence-electron chi connectivity index (χ0n) is 13.8. The highest BCUT2D eigenvalue weighted by Crippen LogP contribution is 2.35. The highest BCUT2D eigenvalue weighted by Gasteiger charge is 2.40. The second-order valence-corrected chi connectivity index (χ2v) is 6.20. The zero-order chi connectivity index (χ0) is 17.5. The third-order valence-corrected chi connectivity index (χ3v) is 4.18. The minimum atomic E-state index is -0.717. The fraction of sp³-hybridized carbons (Fsp3) is 0.412. The first-order valence-corrected chi connectivity index (χ1v) is 9.11. The number of benzene rings is 1. The summed E-state index contributed by atoms with van der Waals surface area (Å²) in [6.45, 7) is 6.51. The van der Waals surface area contributed by atoms with Crippen molar-refractivity contribution in [2.75, 3.05) is 25.2 Å². The quantitative estimate of drug-likeness (QED) is 0.584. The highest BCUT2D eigenvalue weighted by molar-refractivity contribution is 7.98. The Bertz CT molecular complexity index is 620. The lowest BCUT2D eigenvalue weighted by Crippen LogP contribution is -2.51. The zero-order valence-corrected chi connectivity index (χ0v) is 14.7. The third-order valence-electron chi connectivity index (χ3n) is 3.61. The van der Waals surface area contributed by atoms with Crippen LogP contribution in [0, 0.1) is 5.92 Å². The number of carbonyl (C=O) groups is 2. The molecule has 1 aliphatic heterocycles. The monoisotopic (exact) mass is 350 g/mol. The number of ether oxygens (including phenoxy) is 2. The molecule has 1 saturated heterocycles. The predicted octanol–water partition coefficient (Wildman–Crippen LogP) is 2.48. The van der Waals surface area contributed by atoms with E-state index in [1.807, 2.05) is 37.4 Å². The van der Waals surface area contributed by atoms with E-state index >= 15 is 0 Å². The molecule has 0 spiro atoms. The fourth-order valence-corrected chi connectivity index (χ4v) is 2.81. The Morgan fingerprint density at radius 2 is 2.12 bits per heavy atom. The number of para-hydroxylation sites is 1.